The van der Waals surface area contributed by atoms with Crippen molar-refractivity contribution in [2.45, 2.75) is 27.3 Å². The standard InChI is InChI=1S/C23H22ClN3/c1-14-7-9-18(11-16(14)3)25-13-17-8-10-20-21(12-17)27-23(26-20)22-15(2)5-4-6-19(22)24/h4-12,25H,13H2,1-3H3,(H,26,27). The van der Waals surface area contributed by atoms with Crippen LogP contribution >= 0.6 is 11.6 Å². The molecule has 0 unspecified atom stereocenters. The Kier molecular flexibility index (Phi) is 4.63. The lowest BCUT2D eigenvalue weighted by Gasteiger charge is -2.09. The van der Waals surface area contributed by atoms with Crippen molar-refractivity contribution in [1.82, 2.24) is 9.97 Å². The normalized spacial score (nSPS) is 11.1. The van der Waals surface area contributed by atoms with Crippen LogP contribution in [0.25, 0.3) is 22.4 Å². The van der Waals surface area contributed by atoms with Gasteiger partial charge >= 0.3 is 0 Å². The van der Waals surface area contributed by atoms with Crippen LogP contribution in [0, 0.1) is 20.8 Å². The highest BCUT2D eigenvalue weighted by Crippen LogP contribution is 2.30. The zero-order valence-electron chi connectivity index (χ0n) is 15.7. The summed E-state index contributed by atoms with van der Waals surface area (Å²) in [5.74, 6) is 0.812. The number of aromatic nitrogens is 2. The van der Waals surface area contributed by atoms with Gasteiger partial charge in [-0.25, -0.2) is 4.98 Å². The summed E-state index contributed by atoms with van der Waals surface area (Å²) in [7, 11) is 0. The van der Waals surface area contributed by atoms with Gasteiger partial charge in [-0.3, -0.25) is 0 Å². The second-order valence-electron chi connectivity index (χ2n) is 7.02. The monoisotopic (exact) mass is 375 g/mol. The lowest BCUT2D eigenvalue weighted by Crippen LogP contribution is -1.99. The van der Waals surface area contributed by atoms with Crippen LogP contribution in [0.3, 0.4) is 0 Å². The molecular formula is C23H22ClN3. The molecule has 4 heteroatoms. The molecule has 0 atom stereocenters. The Morgan fingerprint density at radius 3 is 2.56 bits per heavy atom. The van der Waals surface area contributed by atoms with Crippen molar-refractivity contribution < 1.29 is 0 Å². The first-order valence-electron chi connectivity index (χ1n) is 9.06. The van der Waals surface area contributed by atoms with Gasteiger partial charge in [0, 0.05) is 17.8 Å². The van der Waals surface area contributed by atoms with Gasteiger partial charge in [0.1, 0.15) is 5.82 Å². The maximum absolute atomic E-state index is 6.39. The molecular weight excluding hydrogens is 354 g/mol. The van der Waals surface area contributed by atoms with Gasteiger partial charge in [0.2, 0.25) is 0 Å². The SMILES string of the molecule is Cc1ccc(NCc2ccc3nc(-c4c(C)cccc4Cl)[nH]c3c2)cc1C. The minimum absolute atomic E-state index is 0.714. The molecule has 3 nitrogen and oxygen atoms in total. The molecule has 3 aromatic carbocycles. The Morgan fingerprint density at radius 1 is 0.926 bits per heavy atom. The number of hydrogen-bond acceptors (Lipinski definition) is 2. The number of halogens is 1. The van der Waals surface area contributed by atoms with E-state index in [1.807, 2.05) is 25.1 Å². The summed E-state index contributed by atoms with van der Waals surface area (Å²) in [4.78, 5) is 8.15. The van der Waals surface area contributed by atoms with Crippen LogP contribution in [0.15, 0.2) is 54.6 Å². The highest BCUT2D eigenvalue weighted by molar-refractivity contribution is 6.33. The van der Waals surface area contributed by atoms with Crippen molar-refractivity contribution in [2.75, 3.05) is 5.32 Å². The van der Waals surface area contributed by atoms with Crippen LogP contribution in [-0.4, -0.2) is 9.97 Å². The second kappa shape index (κ2) is 7.09. The van der Waals surface area contributed by atoms with Crippen molar-refractivity contribution in [2.24, 2.45) is 0 Å². The number of hydrogen-bond donors (Lipinski definition) is 2. The molecule has 1 heterocycles. The number of benzene rings is 3. The Hall–Kier alpha value is -2.78. The molecule has 136 valence electrons. The quantitative estimate of drug-likeness (QED) is 0.432. The second-order valence-corrected chi connectivity index (χ2v) is 7.43. The highest BCUT2D eigenvalue weighted by Gasteiger charge is 2.11. The number of nitrogens with one attached hydrogen (secondary N) is 2. The first-order valence-corrected chi connectivity index (χ1v) is 9.44. The van der Waals surface area contributed by atoms with Crippen LogP contribution in [0.4, 0.5) is 5.69 Å². The van der Waals surface area contributed by atoms with E-state index in [0.29, 0.717) is 5.02 Å². The minimum Gasteiger partial charge on any atom is -0.381 e. The number of anilines is 1. The molecule has 0 radical (unpaired) electrons. The van der Waals surface area contributed by atoms with Crippen molar-refractivity contribution in [1.29, 1.82) is 0 Å². The summed E-state index contributed by atoms with van der Waals surface area (Å²) in [6.45, 7) is 7.07. The molecule has 4 rings (SSSR count). The number of rotatable bonds is 4. The number of aryl methyl sites for hydroxylation is 3. The molecule has 0 saturated heterocycles. The Bertz CT molecular complexity index is 1110. The predicted molar refractivity (Wildman–Crippen MR) is 115 cm³/mol. The molecule has 0 aliphatic carbocycles. The van der Waals surface area contributed by atoms with E-state index in [1.165, 1.54) is 16.7 Å². The summed E-state index contributed by atoms with van der Waals surface area (Å²) in [5, 5.41) is 4.21. The first kappa shape index (κ1) is 17.6. The molecule has 0 saturated carbocycles. The van der Waals surface area contributed by atoms with Gasteiger partial charge in [-0.2, -0.15) is 0 Å². The van der Waals surface area contributed by atoms with Gasteiger partial charge in [-0.1, -0.05) is 35.9 Å². The van der Waals surface area contributed by atoms with E-state index >= 15 is 0 Å². The molecule has 0 bridgehead atoms. The van der Waals surface area contributed by atoms with E-state index in [4.69, 9.17) is 16.6 Å². The van der Waals surface area contributed by atoms with Gasteiger partial charge in [-0.15, -0.1) is 0 Å². The molecule has 4 aromatic rings. The lowest BCUT2D eigenvalue weighted by molar-refractivity contribution is 1.15. The lowest BCUT2D eigenvalue weighted by atomic mass is 10.1. The molecule has 0 aliphatic rings. The maximum atomic E-state index is 6.39. The fourth-order valence-corrected chi connectivity index (χ4v) is 3.58. The molecule has 27 heavy (non-hydrogen) atoms. The number of fused-ring (bicyclic) bond motifs is 1. The fraction of sp³-hybridized carbons (Fsp3) is 0.174. The zero-order chi connectivity index (χ0) is 19.0. The van der Waals surface area contributed by atoms with E-state index in [1.54, 1.807) is 0 Å². The van der Waals surface area contributed by atoms with E-state index in [9.17, 15) is 0 Å². The minimum atomic E-state index is 0.714. The maximum Gasteiger partial charge on any atom is 0.140 e. The number of H-pyrrole nitrogens is 1. The average molecular weight is 376 g/mol. The van der Waals surface area contributed by atoms with Crippen molar-refractivity contribution in [3.63, 3.8) is 0 Å². The highest BCUT2D eigenvalue weighted by atomic mass is 35.5. The zero-order valence-corrected chi connectivity index (χ0v) is 16.5. The van der Waals surface area contributed by atoms with E-state index in [0.717, 1.165) is 40.2 Å². The predicted octanol–water partition coefficient (Wildman–Crippen LogP) is 6.42. The van der Waals surface area contributed by atoms with Crippen LogP contribution in [-0.2, 0) is 6.54 Å². The van der Waals surface area contributed by atoms with Gasteiger partial charge in [-0.05, 0) is 73.4 Å². The van der Waals surface area contributed by atoms with Crippen LogP contribution in [0.2, 0.25) is 5.02 Å². The summed E-state index contributed by atoms with van der Waals surface area (Å²) >= 11 is 6.39. The van der Waals surface area contributed by atoms with E-state index in [2.05, 4.69) is 60.5 Å². The molecule has 0 aliphatic heterocycles. The number of nitrogens with zero attached hydrogens (tertiary/aromatic N) is 1. The third-order valence-corrected chi connectivity index (χ3v) is 5.32. The van der Waals surface area contributed by atoms with Crippen molar-refractivity contribution >= 4 is 28.3 Å². The number of aromatic amines is 1. The van der Waals surface area contributed by atoms with Crippen molar-refractivity contribution in [3.05, 3.63) is 81.9 Å². The van der Waals surface area contributed by atoms with Crippen LogP contribution in [0.5, 0.6) is 0 Å². The molecule has 1 aromatic heterocycles. The van der Waals surface area contributed by atoms with Gasteiger partial charge in [0.05, 0.1) is 16.1 Å². The smallest absolute Gasteiger partial charge is 0.140 e. The Balaban J connectivity index is 1.60. The average Bonchev–Trinajstić information content (AvgIpc) is 3.05. The topological polar surface area (TPSA) is 40.7 Å². The summed E-state index contributed by atoms with van der Waals surface area (Å²) in [6, 6.07) is 18.7. The van der Waals surface area contributed by atoms with E-state index < -0.39 is 0 Å². The Labute approximate surface area is 164 Å². The summed E-state index contributed by atoms with van der Waals surface area (Å²) in [6.07, 6.45) is 0. The Morgan fingerprint density at radius 2 is 1.78 bits per heavy atom. The molecule has 0 amide bonds. The molecule has 2 N–H and O–H groups in total. The van der Waals surface area contributed by atoms with Crippen LogP contribution < -0.4 is 5.32 Å². The molecule has 0 fully saturated rings. The third kappa shape index (κ3) is 3.56. The summed E-state index contributed by atoms with van der Waals surface area (Å²) < 4.78 is 0. The van der Waals surface area contributed by atoms with Gasteiger partial charge in [0.15, 0.2) is 0 Å². The van der Waals surface area contributed by atoms with Gasteiger partial charge < -0.3 is 10.3 Å². The molecule has 0 spiro atoms. The van der Waals surface area contributed by atoms with Gasteiger partial charge in [0.25, 0.3) is 0 Å². The first-order chi connectivity index (χ1) is 13.0. The fourth-order valence-electron chi connectivity index (χ4n) is 3.27. The number of imidazole rings is 1. The summed E-state index contributed by atoms with van der Waals surface area (Å²) in [5.41, 5.74) is 8.97. The van der Waals surface area contributed by atoms with E-state index in [-0.39, 0.29) is 0 Å². The largest absolute Gasteiger partial charge is 0.381 e. The van der Waals surface area contributed by atoms with Crippen LogP contribution in [0.1, 0.15) is 22.3 Å². The third-order valence-electron chi connectivity index (χ3n) is 5.01. The van der Waals surface area contributed by atoms with Crippen molar-refractivity contribution in [3.8, 4) is 11.4 Å².